The van der Waals surface area contributed by atoms with E-state index in [1.54, 1.807) is 0 Å². The molecule has 0 saturated carbocycles. The van der Waals surface area contributed by atoms with Crippen molar-refractivity contribution >= 4 is 11.8 Å². The van der Waals surface area contributed by atoms with Crippen molar-refractivity contribution in [2.75, 3.05) is 38.7 Å². The third-order valence-electron chi connectivity index (χ3n) is 4.93. The van der Waals surface area contributed by atoms with Gasteiger partial charge in [-0.15, -0.1) is 0 Å². The fraction of sp³-hybridized carbons (Fsp3) is 0.867. The van der Waals surface area contributed by atoms with Gasteiger partial charge in [-0.1, -0.05) is 0 Å². The lowest BCUT2D eigenvalue weighted by Gasteiger charge is -2.44. The predicted molar refractivity (Wildman–Crippen MR) is 87.9 cm³/mol. The molecule has 2 fully saturated rings. The number of aromatic nitrogens is 3. The number of nitrogens with zero attached hydrogens (tertiary/aromatic N) is 4. The molecule has 0 spiro atoms. The summed E-state index contributed by atoms with van der Waals surface area (Å²) in [5, 5.41) is 7.43. The molecule has 3 heterocycles. The molecule has 2 saturated heterocycles. The van der Waals surface area contributed by atoms with E-state index in [0.717, 1.165) is 24.2 Å². The number of nitrogens with one attached hydrogen (secondary N) is 1. The summed E-state index contributed by atoms with van der Waals surface area (Å²) in [6.45, 7) is 4.33. The van der Waals surface area contributed by atoms with Crippen LogP contribution < -0.4 is 0 Å². The van der Waals surface area contributed by atoms with E-state index in [2.05, 4.69) is 50.8 Å². The molecular formula is C15H27N5S. The zero-order chi connectivity index (χ0) is 14.8. The van der Waals surface area contributed by atoms with Crippen molar-refractivity contribution in [1.29, 1.82) is 0 Å². The van der Waals surface area contributed by atoms with Crippen molar-refractivity contribution in [1.82, 2.24) is 25.0 Å². The average Bonchev–Trinajstić information content (AvgIpc) is 2.94. The molecule has 118 valence electrons. The highest BCUT2D eigenvalue weighted by molar-refractivity contribution is 7.99. The Hall–Kier alpha value is -0.590. The molecule has 0 aliphatic carbocycles. The summed E-state index contributed by atoms with van der Waals surface area (Å²) in [6.07, 6.45) is 3.88. The SMILES string of the molecule is Cc1nc([C@H]2CCN(C3CCSCC3)C[C@H]2N(C)C)n[nH]1. The largest absolute Gasteiger partial charge is 0.304 e. The van der Waals surface area contributed by atoms with Crippen LogP contribution in [0.4, 0.5) is 0 Å². The van der Waals surface area contributed by atoms with Gasteiger partial charge in [-0.05, 0) is 58.3 Å². The van der Waals surface area contributed by atoms with Gasteiger partial charge in [0.25, 0.3) is 0 Å². The third kappa shape index (κ3) is 3.43. The van der Waals surface area contributed by atoms with Crippen LogP contribution in [-0.4, -0.2) is 75.8 Å². The Labute approximate surface area is 131 Å². The van der Waals surface area contributed by atoms with Gasteiger partial charge in [0.1, 0.15) is 5.82 Å². The highest BCUT2D eigenvalue weighted by Crippen LogP contribution is 2.32. The van der Waals surface area contributed by atoms with E-state index in [4.69, 9.17) is 0 Å². The summed E-state index contributed by atoms with van der Waals surface area (Å²) in [7, 11) is 4.38. The number of thioether (sulfide) groups is 1. The van der Waals surface area contributed by atoms with Crippen LogP contribution in [0, 0.1) is 6.92 Å². The number of rotatable bonds is 3. The van der Waals surface area contributed by atoms with Crippen LogP contribution in [0.3, 0.4) is 0 Å². The first-order valence-corrected chi connectivity index (χ1v) is 9.17. The van der Waals surface area contributed by atoms with Crippen LogP contribution in [0.1, 0.15) is 36.8 Å². The molecule has 1 N–H and O–H groups in total. The molecule has 3 rings (SSSR count). The molecule has 6 heteroatoms. The second-order valence-corrected chi connectivity index (χ2v) is 7.77. The lowest BCUT2D eigenvalue weighted by molar-refractivity contribution is 0.0743. The highest BCUT2D eigenvalue weighted by Gasteiger charge is 2.36. The molecule has 2 atom stereocenters. The van der Waals surface area contributed by atoms with Gasteiger partial charge in [0.15, 0.2) is 5.82 Å². The first-order valence-electron chi connectivity index (χ1n) is 8.02. The summed E-state index contributed by atoms with van der Waals surface area (Å²) >= 11 is 2.11. The summed E-state index contributed by atoms with van der Waals surface area (Å²) in [4.78, 5) is 9.67. The number of H-pyrrole nitrogens is 1. The average molecular weight is 309 g/mol. The number of likely N-dealkylation sites (N-methyl/N-ethyl adjacent to an activating group) is 1. The predicted octanol–water partition coefficient (Wildman–Crippen LogP) is 1.73. The summed E-state index contributed by atoms with van der Waals surface area (Å²) in [5.74, 6) is 5.05. The molecule has 1 aromatic rings. The van der Waals surface area contributed by atoms with Gasteiger partial charge in [-0.3, -0.25) is 10.00 Å². The van der Waals surface area contributed by atoms with Crippen LogP contribution in [0.15, 0.2) is 0 Å². The molecule has 5 nitrogen and oxygen atoms in total. The Morgan fingerprint density at radius 2 is 2.00 bits per heavy atom. The minimum Gasteiger partial charge on any atom is -0.304 e. The summed E-state index contributed by atoms with van der Waals surface area (Å²) in [6, 6.07) is 1.31. The van der Waals surface area contributed by atoms with E-state index in [-0.39, 0.29) is 0 Å². The van der Waals surface area contributed by atoms with E-state index >= 15 is 0 Å². The van der Waals surface area contributed by atoms with Crippen molar-refractivity contribution in [2.24, 2.45) is 0 Å². The number of hydrogen-bond donors (Lipinski definition) is 1. The number of hydrogen-bond acceptors (Lipinski definition) is 5. The summed E-state index contributed by atoms with van der Waals surface area (Å²) in [5.41, 5.74) is 0. The zero-order valence-corrected chi connectivity index (χ0v) is 14.2. The second kappa shape index (κ2) is 6.67. The minimum atomic E-state index is 0.458. The Morgan fingerprint density at radius 3 is 2.62 bits per heavy atom. The van der Waals surface area contributed by atoms with Gasteiger partial charge in [0.2, 0.25) is 0 Å². The molecule has 0 radical (unpaired) electrons. The minimum absolute atomic E-state index is 0.458. The van der Waals surface area contributed by atoms with Gasteiger partial charge < -0.3 is 4.90 Å². The highest BCUT2D eigenvalue weighted by atomic mass is 32.2. The number of aryl methyl sites for hydroxylation is 1. The zero-order valence-electron chi connectivity index (χ0n) is 13.4. The van der Waals surface area contributed by atoms with Gasteiger partial charge in [0, 0.05) is 24.5 Å². The number of likely N-dealkylation sites (tertiary alicyclic amines) is 1. The van der Waals surface area contributed by atoms with E-state index in [1.807, 2.05) is 6.92 Å². The molecular weight excluding hydrogens is 282 g/mol. The van der Waals surface area contributed by atoms with E-state index < -0.39 is 0 Å². The van der Waals surface area contributed by atoms with E-state index in [0.29, 0.717) is 12.0 Å². The fourth-order valence-corrected chi connectivity index (χ4v) is 4.77. The Bertz CT molecular complexity index is 455. The molecule has 21 heavy (non-hydrogen) atoms. The number of aromatic amines is 1. The van der Waals surface area contributed by atoms with Gasteiger partial charge in [-0.2, -0.15) is 16.9 Å². The van der Waals surface area contributed by atoms with Crippen LogP contribution in [0.5, 0.6) is 0 Å². The molecule has 0 unspecified atom stereocenters. The normalized spacial score (nSPS) is 29.1. The van der Waals surface area contributed by atoms with Crippen LogP contribution in [0.25, 0.3) is 0 Å². The lowest BCUT2D eigenvalue weighted by atomic mass is 9.88. The molecule has 0 amide bonds. The standard InChI is InChI=1S/C15H27N5S/c1-11-16-15(18-17-11)13-4-7-20(10-14(13)19(2)3)12-5-8-21-9-6-12/h12-14H,4-10H2,1-3H3,(H,16,17,18)/t13-,14+/m0/s1. The van der Waals surface area contributed by atoms with Crippen molar-refractivity contribution in [3.05, 3.63) is 11.6 Å². The second-order valence-electron chi connectivity index (χ2n) is 6.54. The van der Waals surface area contributed by atoms with Crippen molar-refractivity contribution in [3.63, 3.8) is 0 Å². The Balaban J connectivity index is 1.71. The molecule has 0 bridgehead atoms. The number of piperidine rings is 1. The lowest BCUT2D eigenvalue weighted by Crippen LogP contribution is -2.53. The van der Waals surface area contributed by atoms with Crippen LogP contribution in [-0.2, 0) is 0 Å². The molecule has 2 aliphatic rings. The Morgan fingerprint density at radius 1 is 1.24 bits per heavy atom. The molecule has 1 aromatic heterocycles. The quantitative estimate of drug-likeness (QED) is 0.921. The maximum atomic E-state index is 4.59. The van der Waals surface area contributed by atoms with Gasteiger partial charge in [-0.25, -0.2) is 4.98 Å². The van der Waals surface area contributed by atoms with Crippen molar-refractivity contribution in [3.8, 4) is 0 Å². The van der Waals surface area contributed by atoms with Crippen molar-refractivity contribution < 1.29 is 0 Å². The summed E-state index contributed by atoms with van der Waals surface area (Å²) < 4.78 is 0. The maximum absolute atomic E-state index is 4.59. The van der Waals surface area contributed by atoms with Crippen LogP contribution >= 0.6 is 11.8 Å². The fourth-order valence-electron chi connectivity index (χ4n) is 3.69. The third-order valence-corrected chi connectivity index (χ3v) is 5.98. The topological polar surface area (TPSA) is 48.1 Å². The smallest absolute Gasteiger partial charge is 0.155 e. The molecule has 0 aromatic carbocycles. The van der Waals surface area contributed by atoms with Crippen molar-refractivity contribution in [2.45, 2.75) is 44.2 Å². The first kappa shape index (κ1) is 15.3. The van der Waals surface area contributed by atoms with E-state index in [9.17, 15) is 0 Å². The van der Waals surface area contributed by atoms with Gasteiger partial charge >= 0.3 is 0 Å². The van der Waals surface area contributed by atoms with Crippen LogP contribution in [0.2, 0.25) is 0 Å². The molecule has 2 aliphatic heterocycles. The van der Waals surface area contributed by atoms with Gasteiger partial charge in [0.05, 0.1) is 0 Å². The maximum Gasteiger partial charge on any atom is 0.155 e. The van der Waals surface area contributed by atoms with E-state index in [1.165, 1.54) is 37.3 Å². The Kier molecular flexibility index (Phi) is 4.86. The first-order chi connectivity index (χ1) is 10.1. The monoisotopic (exact) mass is 309 g/mol.